The van der Waals surface area contributed by atoms with Crippen LogP contribution in [0.5, 0.6) is 0 Å². The average Bonchev–Trinajstić information content (AvgIpc) is 3.30. The van der Waals surface area contributed by atoms with E-state index >= 15 is 0 Å². The van der Waals surface area contributed by atoms with Crippen molar-refractivity contribution in [3.8, 4) is 0 Å². The lowest BCUT2D eigenvalue weighted by Gasteiger charge is -2.11. The molecule has 170 valence electrons. The van der Waals surface area contributed by atoms with E-state index in [1.165, 1.54) is 18.4 Å². The summed E-state index contributed by atoms with van der Waals surface area (Å²) in [6, 6.07) is 7.22. The molecule has 0 atom stereocenters. The number of aromatic nitrogens is 5. The lowest BCUT2D eigenvalue weighted by molar-refractivity contribution is 0.521. The number of imidazole rings is 2. The molecule has 32 heavy (non-hydrogen) atoms. The van der Waals surface area contributed by atoms with Crippen LogP contribution in [0.2, 0.25) is 0 Å². The van der Waals surface area contributed by atoms with Crippen molar-refractivity contribution in [2.75, 3.05) is 14.1 Å². The molecule has 0 unspecified atom stereocenters. The second-order valence-corrected chi connectivity index (χ2v) is 11.2. The third-order valence-corrected chi connectivity index (χ3v) is 8.18. The van der Waals surface area contributed by atoms with E-state index in [4.69, 9.17) is 4.98 Å². The van der Waals surface area contributed by atoms with Gasteiger partial charge in [-0.1, -0.05) is 25.1 Å². The van der Waals surface area contributed by atoms with Crippen LogP contribution in [0, 0.1) is 13.8 Å². The van der Waals surface area contributed by atoms with E-state index in [0.29, 0.717) is 17.0 Å². The lowest BCUT2D eigenvalue weighted by atomic mass is 10.3. The molecule has 0 aliphatic heterocycles. The Kier molecular flexibility index (Phi) is 6.28. The van der Waals surface area contributed by atoms with Crippen LogP contribution in [0.4, 0.5) is 0 Å². The molecule has 0 radical (unpaired) electrons. The number of unbranched alkanes of at least 4 members (excludes halogenated alkanes) is 1. The quantitative estimate of drug-likeness (QED) is 0.360. The third kappa shape index (κ3) is 4.26. The minimum atomic E-state index is -3.51. The molecule has 0 N–H and O–H groups in total. The Hall–Kier alpha value is -2.43. The summed E-state index contributed by atoms with van der Waals surface area (Å²) in [6.07, 6.45) is 4.10. The molecule has 3 aromatic heterocycles. The Bertz CT molecular complexity index is 1390. The van der Waals surface area contributed by atoms with Gasteiger partial charge in [-0.05, 0) is 44.5 Å². The smallest absolute Gasteiger partial charge is 0.242 e. The molecule has 3 heterocycles. The first-order chi connectivity index (χ1) is 15.2. The number of sulfonamides is 1. The van der Waals surface area contributed by atoms with Gasteiger partial charge in [-0.2, -0.15) is 0 Å². The fourth-order valence-electron chi connectivity index (χ4n) is 3.63. The number of nitrogens with zero attached hydrogens (tertiary/aromatic N) is 6. The zero-order valence-corrected chi connectivity index (χ0v) is 20.7. The maximum atomic E-state index is 12.6. The molecule has 0 bridgehead atoms. The van der Waals surface area contributed by atoms with Gasteiger partial charge in [0, 0.05) is 44.0 Å². The number of benzene rings is 1. The molecule has 0 aliphatic carbocycles. The zero-order chi connectivity index (χ0) is 23.0. The van der Waals surface area contributed by atoms with Gasteiger partial charge in [0.2, 0.25) is 15.8 Å². The Labute approximate surface area is 192 Å². The van der Waals surface area contributed by atoms with Crippen molar-refractivity contribution in [1.82, 2.24) is 28.2 Å². The number of hydrogen-bond donors (Lipinski definition) is 0. The lowest BCUT2D eigenvalue weighted by Crippen LogP contribution is -2.22. The first-order valence-electron chi connectivity index (χ1n) is 10.6. The first-order valence-corrected chi connectivity index (χ1v) is 13.0. The van der Waals surface area contributed by atoms with Gasteiger partial charge in [-0.25, -0.2) is 27.7 Å². The van der Waals surface area contributed by atoms with Crippen molar-refractivity contribution in [3.05, 3.63) is 47.5 Å². The Morgan fingerprint density at radius 1 is 1.09 bits per heavy atom. The number of rotatable bonds is 8. The van der Waals surface area contributed by atoms with E-state index in [2.05, 4.69) is 21.5 Å². The van der Waals surface area contributed by atoms with Gasteiger partial charge >= 0.3 is 0 Å². The largest absolute Gasteiger partial charge is 0.319 e. The molecule has 4 aromatic rings. The molecule has 0 fully saturated rings. The van der Waals surface area contributed by atoms with Crippen molar-refractivity contribution >= 4 is 38.6 Å². The predicted octanol–water partition coefficient (Wildman–Crippen LogP) is 4.04. The van der Waals surface area contributed by atoms with Crippen molar-refractivity contribution in [2.45, 2.75) is 56.0 Å². The summed E-state index contributed by atoms with van der Waals surface area (Å²) >= 11 is 1.61. The van der Waals surface area contributed by atoms with E-state index in [-0.39, 0.29) is 4.90 Å². The predicted molar refractivity (Wildman–Crippen MR) is 128 cm³/mol. The molecule has 0 spiro atoms. The van der Waals surface area contributed by atoms with E-state index in [1.807, 2.05) is 36.6 Å². The number of aryl methyl sites for hydroxylation is 3. The third-order valence-electron chi connectivity index (χ3n) is 5.36. The van der Waals surface area contributed by atoms with Crippen LogP contribution in [0.15, 0.2) is 40.5 Å². The Morgan fingerprint density at radius 2 is 1.88 bits per heavy atom. The molecule has 1 aromatic carbocycles. The summed E-state index contributed by atoms with van der Waals surface area (Å²) in [5, 5.41) is 0.866. The summed E-state index contributed by atoms with van der Waals surface area (Å²) < 4.78 is 30.5. The van der Waals surface area contributed by atoms with E-state index < -0.39 is 10.0 Å². The van der Waals surface area contributed by atoms with Crippen molar-refractivity contribution in [3.63, 3.8) is 0 Å². The highest BCUT2D eigenvalue weighted by molar-refractivity contribution is 7.98. The van der Waals surface area contributed by atoms with Gasteiger partial charge in [0.05, 0.1) is 21.6 Å². The molecule has 0 aliphatic rings. The zero-order valence-electron chi connectivity index (χ0n) is 19.0. The van der Waals surface area contributed by atoms with E-state index in [9.17, 15) is 8.42 Å². The highest BCUT2D eigenvalue weighted by atomic mass is 32.2. The number of hydrogen-bond acceptors (Lipinski definition) is 6. The van der Waals surface area contributed by atoms with Gasteiger partial charge in [0.25, 0.3) is 0 Å². The Morgan fingerprint density at radius 3 is 2.59 bits per heavy atom. The van der Waals surface area contributed by atoms with Gasteiger partial charge in [0.1, 0.15) is 0 Å². The van der Waals surface area contributed by atoms with Crippen LogP contribution in [0.3, 0.4) is 0 Å². The van der Waals surface area contributed by atoms with Gasteiger partial charge in [-0.15, -0.1) is 0 Å². The fourth-order valence-corrected chi connectivity index (χ4v) is 5.47. The summed E-state index contributed by atoms with van der Waals surface area (Å²) in [4.78, 5) is 14.2. The first kappa shape index (κ1) is 22.8. The van der Waals surface area contributed by atoms with E-state index in [1.54, 1.807) is 23.9 Å². The van der Waals surface area contributed by atoms with Crippen LogP contribution >= 0.6 is 11.8 Å². The highest BCUT2D eigenvalue weighted by Crippen LogP contribution is 2.29. The monoisotopic (exact) mass is 472 g/mol. The van der Waals surface area contributed by atoms with Crippen LogP contribution < -0.4 is 0 Å². The summed E-state index contributed by atoms with van der Waals surface area (Å²) in [6.45, 7) is 7.00. The molecular weight excluding hydrogens is 444 g/mol. The fraction of sp³-hybridized carbons (Fsp3) is 0.409. The summed E-state index contributed by atoms with van der Waals surface area (Å²) in [5.41, 5.74) is 4.61. The second-order valence-electron chi connectivity index (χ2n) is 8.07. The topological polar surface area (TPSA) is 85.4 Å². The van der Waals surface area contributed by atoms with Gasteiger partial charge < -0.3 is 4.57 Å². The molecule has 4 rings (SSSR count). The van der Waals surface area contributed by atoms with Crippen LogP contribution in [-0.4, -0.2) is 50.7 Å². The van der Waals surface area contributed by atoms with Gasteiger partial charge in [-0.3, -0.25) is 4.40 Å². The molecule has 0 saturated heterocycles. The Balaban J connectivity index is 1.68. The molecule has 0 saturated carbocycles. The molecule has 10 heteroatoms. The van der Waals surface area contributed by atoms with Gasteiger partial charge in [0.15, 0.2) is 5.16 Å². The van der Waals surface area contributed by atoms with Crippen LogP contribution in [-0.2, 0) is 22.3 Å². The summed E-state index contributed by atoms with van der Waals surface area (Å²) in [5.74, 6) is 1.36. The SMILES string of the molecule is CCCCn1c(SCc2cn3c(C)cc(C)nc3n2)nc2cc(S(=O)(=O)N(C)C)ccc21. The highest BCUT2D eigenvalue weighted by Gasteiger charge is 2.20. The number of thioether (sulfide) groups is 1. The molecule has 0 amide bonds. The maximum absolute atomic E-state index is 12.6. The van der Waals surface area contributed by atoms with Crippen molar-refractivity contribution in [1.29, 1.82) is 0 Å². The van der Waals surface area contributed by atoms with E-state index in [0.717, 1.165) is 47.1 Å². The molecule has 8 nitrogen and oxygen atoms in total. The van der Waals surface area contributed by atoms with Crippen molar-refractivity contribution in [2.24, 2.45) is 0 Å². The second kappa shape index (κ2) is 8.84. The van der Waals surface area contributed by atoms with Crippen LogP contribution in [0.25, 0.3) is 16.8 Å². The van der Waals surface area contributed by atoms with Crippen LogP contribution in [0.1, 0.15) is 36.8 Å². The summed E-state index contributed by atoms with van der Waals surface area (Å²) in [7, 11) is -0.438. The normalized spacial score (nSPS) is 12.4. The molecular formula is C22H28N6O2S2. The van der Waals surface area contributed by atoms with Crippen molar-refractivity contribution < 1.29 is 8.42 Å². The maximum Gasteiger partial charge on any atom is 0.242 e. The number of fused-ring (bicyclic) bond motifs is 2. The minimum Gasteiger partial charge on any atom is -0.319 e. The minimum absolute atomic E-state index is 0.254. The average molecular weight is 473 g/mol. The standard InChI is InChI=1S/C22H28N6O2S2/c1-6-7-10-27-20-9-8-18(32(29,30)26(4)5)12-19(20)25-22(27)31-14-17-13-28-16(3)11-15(2)23-21(28)24-17/h8-9,11-13H,6-7,10,14H2,1-5H3.